The monoisotopic (exact) mass is 359 g/mol. The van der Waals surface area contributed by atoms with E-state index in [0.717, 1.165) is 37.7 Å². The number of aromatic nitrogens is 1. The molecule has 2 aromatic carbocycles. The third-order valence-corrected chi connectivity index (χ3v) is 4.93. The van der Waals surface area contributed by atoms with Crippen LogP contribution in [0, 0.1) is 0 Å². The van der Waals surface area contributed by atoms with Crippen LogP contribution >= 0.6 is 0 Å². The molecule has 0 spiro atoms. The van der Waals surface area contributed by atoms with E-state index >= 15 is 0 Å². The minimum Gasteiger partial charge on any atom is -0.339 e. The van der Waals surface area contributed by atoms with Crippen LogP contribution in [0.3, 0.4) is 0 Å². The molecule has 1 aromatic heterocycles. The van der Waals surface area contributed by atoms with Gasteiger partial charge in [0.15, 0.2) is 0 Å². The Kier molecular flexibility index (Phi) is 4.83. The molecule has 136 valence electrons. The van der Waals surface area contributed by atoms with Crippen LogP contribution < -0.4 is 5.32 Å². The van der Waals surface area contributed by atoms with Gasteiger partial charge in [0.05, 0.1) is 22.3 Å². The Hall–Kier alpha value is -3.21. The highest BCUT2D eigenvalue weighted by Crippen LogP contribution is 2.22. The molecule has 0 radical (unpaired) electrons. The van der Waals surface area contributed by atoms with Gasteiger partial charge in [-0.1, -0.05) is 30.3 Å². The highest BCUT2D eigenvalue weighted by atomic mass is 16.2. The molecule has 1 aliphatic heterocycles. The Morgan fingerprint density at radius 3 is 2.44 bits per heavy atom. The molecule has 1 aliphatic rings. The van der Waals surface area contributed by atoms with E-state index in [1.165, 1.54) is 0 Å². The number of rotatable bonds is 3. The average Bonchev–Trinajstić information content (AvgIpc) is 2.74. The van der Waals surface area contributed by atoms with Crippen LogP contribution in [0.25, 0.3) is 10.9 Å². The van der Waals surface area contributed by atoms with Gasteiger partial charge in [-0.05, 0) is 43.5 Å². The first-order valence-corrected chi connectivity index (χ1v) is 9.27. The minimum absolute atomic E-state index is 0.0263. The molecule has 2 amide bonds. The molecule has 1 N–H and O–H groups in total. The van der Waals surface area contributed by atoms with E-state index in [0.29, 0.717) is 22.3 Å². The molecular weight excluding hydrogens is 338 g/mol. The second-order valence-electron chi connectivity index (χ2n) is 6.73. The Morgan fingerprint density at radius 2 is 1.59 bits per heavy atom. The van der Waals surface area contributed by atoms with Crippen LogP contribution in [-0.2, 0) is 0 Å². The number of para-hydroxylation sites is 2. The van der Waals surface area contributed by atoms with Gasteiger partial charge in [0.1, 0.15) is 0 Å². The molecular formula is C22H21N3O2. The number of hydrogen-bond donors (Lipinski definition) is 1. The summed E-state index contributed by atoms with van der Waals surface area (Å²) in [5.41, 5.74) is 2.21. The van der Waals surface area contributed by atoms with Crippen LogP contribution in [0.15, 0.2) is 60.8 Å². The van der Waals surface area contributed by atoms with E-state index in [1.54, 1.807) is 24.4 Å². The average molecular weight is 359 g/mol. The quantitative estimate of drug-likeness (QED) is 0.765. The van der Waals surface area contributed by atoms with Crippen LogP contribution in [0.1, 0.15) is 40.0 Å². The number of nitrogens with one attached hydrogen (secondary N) is 1. The first-order chi connectivity index (χ1) is 13.2. The van der Waals surface area contributed by atoms with Crippen molar-refractivity contribution < 1.29 is 9.59 Å². The molecule has 3 aromatic rings. The predicted octanol–water partition coefficient (Wildman–Crippen LogP) is 4.11. The maximum Gasteiger partial charge on any atom is 0.257 e. The Bertz CT molecular complexity index is 988. The van der Waals surface area contributed by atoms with E-state index in [2.05, 4.69) is 10.3 Å². The molecule has 2 heterocycles. The zero-order valence-electron chi connectivity index (χ0n) is 15.0. The van der Waals surface area contributed by atoms with Crippen molar-refractivity contribution >= 4 is 28.4 Å². The maximum absolute atomic E-state index is 12.9. The molecule has 0 unspecified atom stereocenters. The van der Waals surface area contributed by atoms with Gasteiger partial charge in [-0.15, -0.1) is 0 Å². The van der Waals surface area contributed by atoms with Crippen LogP contribution in [-0.4, -0.2) is 34.8 Å². The van der Waals surface area contributed by atoms with Gasteiger partial charge >= 0.3 is 0 Å². The van der Waals surface area contributed by atoms with Crippen LogP contribution in [0.4, 0.5) is 5.69 Å². The SMILES string of the molecule is O=C(Nc1ccccc1C(=O)N1CCCCC1)c1cccc2cccnc12. The number of hydrogen-bond acceptors (Lipinski definition) is 3. The number of likely N-dealkylation sites (tertiary alicyclic amines) is 1. The normalized spacial score (nSPS) is 14.1. The number of benzene rings is 2. The van der Waals surface area contributed by atoms with Crippen molar-refractivity contribution in [3.05, 3.63) is 71.9 Å². The summed E-state index contributed by atoms with van der Waals surface area (Å²) in [6.07, 6.45) is 4.90. The third-order valence-electron chi connectivity index (χ3n) is 4.93. The van der Waals surface area contributed by atoms with Gasteiger partial charge in [-0.25, -0.2) is 0 Å². The van der Waals surface area contributed by atoms with E-state index in [-0.39, 0.29) is 11.8 Å². The van der Waals surface area contributed by atoms with Crippen LogP contribution in [0.2, 0.25) is 0 Å². The smallest absolute Gasteiger partial charge is 0.257 e. The summed E-state index contributed by atoms with van der Waals surface area (Å²) in [6.45, 7) is 1.54. The molecule has 5 heteroatoms. The number of pyridine rings is 1. The Labute approximate surface area is 158 Å². The molecule has 0 aliphatic carbocycles. The number of anilines is 1. The van der Waals surface area contributed by atoms with Crippen molar-refractivity contribution in [3.63, 3.8) is 0 Å². The third kappa shape index (κ3) is 3.53. The number of carbonyl (C=O) groups excluding carboxylic acids is 2. The number of fused-ring (bicyclic) bond motifs is 1. The molecule has 0 bridgehead atoms. The fraction of sp³-hybridized carbons (Fsp3) is 0.227. The second-order valence-corrected chi connectivity index (χ2v) is 6.73. The van der Waals surface area contributed by atoms with Gasteiger partial charge < -0.3 is 10.2 Å². The molecule has 1 saturated heterocycles. The van der Waals surface area contributed by atoms with Gasteiger partial charge in [0.2, 0.25) is 0 Å². The molecule has 1 fully saturated rings. The molecule has 27 heavy (non-hydrogen) atoms. The first kappa shape index (κ1) is 17.2. The standard InChI is InChI=1S/C22H21N3O2/c26-21(18-11-6-8-16-9-7-13-23-20(16)18)24-19-12-3-2-10-17(19)22(27)25-14-4-1-5-15-25/h2-3,6-13H,1,4-5,14-15H2,(H,24,26). The summed E-state index contributed by atoms with van der Waals surface area (Å²) >= 11 is 0. The lowest BCUT2D eigenvalue weighted by molar-refractivity contribution is 0.0725. The van der Waals surface area contributed by atoms with E-state index in [4.69, 9.17) is 0 Å². The van der Waals surface area contributed by atoms with Crippen molar-refractivity contribution in [2.75, 3.05) is 18.4 Å². The van der Waals surface area contributed by atoms with Crippen molar-refractivity contribution in [3.8, 4) is 0 Å². The first-order valence-electron chi connectivity index (χ1n) is 9.27. The van der Waals surface area contributed by atoms with Gasteiger partial charge in [-0.2, -0.15) is 0 Å². The lowest BCUT2D eigenvalue weighted by Gasteiger charge is -2.27. The summed E-state index contributed by atoms with van der Waals surface area (Å²) < 4.78 is 0. The summed E-state index contributed by atoms with van der Waals surface area (Å²) in [7, 11) is 0. The Morgan fingerprint density at radius 1 is 0.852 bits per heavy atom. The number of amides is 2. The molecule has 4 rings (SSSR count). The summed E-state index contributed by atoms with van der Waals surface area (Å²) in [5.74, 6) is -0.292. The van der Waals surface area contributed by atoms with Gasteiger partial charge in [0, 0.05) is 24.7 Å². The molecule has 0 atom stereocenters. The topological polar surface area (TPSA) is 62.3 Å². The van der Waals surface area contributed by atoms with Crippen molar-refractivity contribution in [1.29, 1.82) is 0 Å². The lowest BCUT2D eigenvalue weighted by Crippen LogP contribution is -2.36. The van der Waals surface area contributed by atoms with Gasteiger partial charge in [0.25, 0.3) is 11.8 Å². The predicted molar refractivity (Wildman–Crippen MR) is 106 cm³/mol. The zero-order chi connectivity index (χ0) is 18.6. The highest BCUT2D eigenvalue weighted by Gasteiger charge is 2.21. The zero-order valence-corrected chi connectivity index (χ0v) is 15.0. The fourth-order valence-corrected chi connectivity index (χ4v) is 3.52. The van der Waals surface area contributed by atoms with Crippen LogP contribution in [0.5, 0.6) is 0 Å². The van der Waals surface area contributed by atoms with Crippen molar-refractivity contribution in [2.24, 2.45) is 0 Å². The van der Waals surface area contributed by atoms with Crippen molar-refractivity contribution in [2.45, 2.75) is 19.3 Å². The fourth-order valence-electron chi connectivity index (χ4n) is 3.52. The Balaban J connectivity index is 1.63. The number of nitrogens with zero attached hydrogens (tertiary/aromatic N) is 2. The van der Waals surface area contributed by atoms with E-state index in [9.17, 15) is 9.59 Å². The summed E-state index contributed by atoms with van der Waals surface area (Å²) in [6, 6.07) is 16.5. The summed E-state index contributed by atoms with van der Waals surface area (Å²) in [4.78, 5) is 32.0. The van der Waals surface area contributed by atoms with E-state index < -0.39 is 0 Å². The maximum atomic E-state index is 12.9. The second kappa shape index (κ2) is 7.58. The number of carbonyl (C=O) groups is 2. The lowest BCUT2D eigenvalue weighted by atomic mass is 10.1. The van der Waals surface area contributed by atoms with Gasteiger partial charge in [-0.3, -0.25) is 14.6 Å². The minimum atomic E-state index is -0.266. The molecule has 5 nitrogen and oxygen atoms in total. The number of piperidine rings is 1. The van der Waals surface area contributed by atoms with Crippen molar-refractivity contribution in [1.82, 2.24) is 9.88 Å². The highest BCUT2D eigenvalue weighted by molar-refractivity contribution is 6.14. The molecule has 0 saturated carbocycles. The largest absolute Gasteiger partial charge is 0.339 e. The summed E-state index contributed by atoms with van der Waals surface area (Å²) in [5, 5.41) is 3.82. The van der Waals surface area contributed by atoms with E-state index in [1.807, 2.05) is 41.3 Å².